The lowest BCUT2D eigenvalue weighted by molar-refractivity contribution is 0.0915. The molecule has 0 bridgehead atoms. The van der Waals surface area contributed by atoms with Gasteiger partial charge in [0.2, 0.25) is 0 Å². The average Bonchev–Trinajstić information content (AvgIpc) is 3.17. The number of nitrogens with zero attached hydrogens (tertiary/aromatic N) is 2. The van der Waals surface area contributed by atoms with E-state index in [4.69, 9.17) is 0 Å². The Kier molecular flexibility index (Phi) is 3.99. The Bertz CT molecular complexity index is 905. The SMILES string of the molecule is CC1C(NC(=O)c2cc3ccccc3n2C)NNC1c1ccncc1. The Hall–Kier alpha value is -2.70. The molecule has 1 saturated heterocycles. The van der Waals surface area contributed by atoms with Crippen LogP contribution in [-0.4, -0.2) is 21.6 Å². The molecule has 128 valence electrons. The molecule has 25 heavy (non-hydrogen) atoms. The van der Waals surface area contributed by atoms with Crippen LogP contribution in [0.2, 0.25) is 0 Å². The zero-order valence-electron chi connectivity index (χ0n) is 14.2. The molecule has 3 atom stereocenters. The number of nitrogens with one attached hydrogen (secondary N) is 3. The van der Waals surface area contributed by atoms with Crippen LogP contribution in [0, 0.1) is 5.92 Å². The maximum atomic E-state index is 12.8. The predicted octanol–water partition coefficient (Wildman–Crippen LogP) is 2.11. The second kappa shape index (κ2) is 6.31. The van der Waals surface area contributed by atoms with Crippen LogP contribution in [0.4, 0.5) is 0 Å². The fourth-order valence-corrected chi connectivity index (χ4v) is 3.48. The van der Waals surface area contributed by atoms with Crippen LogP contribution in [0.5, 0.6) is 0 Å². The van der Waals surface area contributed by atoms with E-state index in [9.17, 15) is 4.79 Å². The smallest absolute Gasteiger partial charge is 0.269 e. The fraction of sp³-hybridized carbons (Fsp3) is 0.263. The van der Waals surface area contributed by atoms with E-state index >= 15 is 0 Å². The molecule has 1 amide bonds. The zero-order chi connectivity index (χ0) is 17.4. The third-order valence-electron chi connectivity index (χ3n) is 4.98. The van der Waals surface area contributed by atoms with Gasteiger partial charge in [0, 0.05) is 36.3 Å². The number of para-hydroxylation sites is 1. The van der Waals surface area contributed by atoms with Crippen molar-refractivity contribution in [2.45, 2.75) is 19.1 Å². The molecule has 1 aliphatic rings. The highest BCUT2D eigenvalue weighted by molar-refractivity contribution is 5.98. The van der Waals surface area contributed by atoms with Crippen molar-refractivity contribution in [2.75, 3.05) is 0 Å². The first kappa shape index (κ1) is 15.8. The van der Waals surface area contributed by atoms with Crippen molar-refractivity contribution in [3.8, 4) is 0 Å². The molecule has 3 aromatic rings. The molecule has 1 fully saturated rings. The molecule has 0 spiro atoms. The lowest BCUT2D eigenvalue weighted by atomic mass is 9.95. The van der Waals surface area contributed by atoms with Gasteiger partial charge in [-0.3, -0.25) is 9.78 Å². The second-order valence-electron chi connectivity index (χ2n) is 6.50. The molecule has 3 heterocycles. The summed E-state index contributed by atoms with van der Waals surface area (Å²) >= 11 is 0. The van der Waals surface area contributed by atoms with Gasteiger partial charge in [0.05, 0.1) is 12.2 Å². The Morgan fingerprint density at radius 1 is 1.16 bits per heavy atom. The minimum Gasteiger partial charge on any atom is -0.340 e. The van der Waals surface area contributed by atoms with Gasteiger partial charge in [-0.15, -0.1) is 0 Å². The van der Waals surface area contributed by atoms with Gasteiger partial charge < -0.3 is 9.88 Å². The Labute approximate surface area is 146 Å². The minimum atomic E-state index is -0.149. The summed E-state index contributed by atoms with van der Waals surface area (Å²) in [5.41, 5.74) is 9.32. The number of amides is 1. The van der Waals surface area contributed by atoms with E-state index in [1.54, 1.807) is 12.4 Å². The van der Waals surface area contributed by atoms with Crippen LogP contribution in [-0.2, 0) is 7.05 Å². The van der Waals surface area contributed by atoms with Crippen molar-refractivity contribution in [1.29, 1.82) is 0 Å². The van der Waals surface area contributed by atoms with Crippen molar-refractivity contribution < 1.29 is 4.79 Å². The topological polar surface area (TPSA) is 71.0 Å². The highest BCUT2D eigenvalue weighted by Gasteiger charge is 2.34. The molecule has 3 unspecified atom stereocenters. The highest BCUT2D eigenvalue weighted by Crippen LogP contribution is 2.27. The molecule has 1 aliphatic heterocycles. The van der Waals surface area contributed by atoms with Gasteiger partial charge >= 0.3 is 0 Å². The molecule has 0 aliphatic carbocycles. The standard InChI is InChI=1S/C19H21N5O/c1-12-17(13-7-9-20-10-8-13)22-23-18(12)21-19(25)16-11-14-5-3-4-6-15(14)24(16)2/h3-12,17-18,22-23H,1-2H3,(H,21,25). The summed E-state index contributed by atoms with van der Waals surface area (Å²) in [6.07, 6.45) is 3.42. The Morgan fingerprint density at radius 3 is 2.68 bits per heavy atom. The van der Waals surface area contributed by atoms with E-state index in [-0.39, 0.29) is 24.0 Å². The molecule has 6 nitrogen and oxygen atoms in total. The summed E-state index contributed by atoms with van der Waals surface area (Å²) < 4.78 is 1.93. The van der Waals surface area contributed by atoms with Gasteiger partial charge in [0.15, 0.2) is 0 Å². The van der Waals surface area contributed by atoms with Gasteiger partial charge in [-0.2, -0.15) is 0 Å². The maximum absolute atomic E-state index is 12.8. The van der Waals surface area contributed by atoms with Gasteiger partial charge in [-0.1, -0.05) is 25.1 Å². The number of carbonyl (C=O) groups excluding carboxylic acids is 1. The van der Waals surface area contributed by atoms with E-state index in [2.05, 4.69) is 28.1 Å². The van der Waals surface area contributed by atoms with E-state index in [1.807, 2.05) is 54.1 Å². The quantitative estimate of drug-likeness (QED) is 0.686. The van der Waals surface area contributed by atoms with Crippen LogP contribution >= 0.6 is 0 Å². The molecular weight excluding hydrogens is 314 g/mol. The summed E-state index contributed by atoms with van der Waals surface area (Å²) in [6.45, 7) is 2.12. The van der Waals surface area contributed by atoms with Crippen LogP contribution in [0.25, 0.3) is 10.9 Å². The van der Waals surface area contributed by atoms with E-state index in [0.29, 0.717) is 5.69 Å². The first-order valence-corrected chi connectivity index (χ1v) is 8.41. The lowest BCUT2D eigenvalue weighted by Crippen LogP contribution is -2.46. The largest absolute Gasteiger partial charge is 0.340 e. The number of aromatic nitrogens is 2. The molecule has 4 rings (SSSR count). The summed E-state index contributed by atoms with van der Waals surface area (Å²) in [5.74, 6) is 0.112. The Balaban J connectivity index is 1.52. The molecule has 0 saturated carbocycles. The van der Waals surface area contributed by atoms with Gasteiger partial charge in [0.1, 0.15) is 5.69 Å². The lowest BCUT2D eigenvalue weighted by Gasteiger charge is -2.20. The summed E-state index contributed by atoms with van der Waals surface area (Å²) in [4.78, 5) is 16.8. The monoisotopic (exact) mass is 335 g/mol. The zero-order valence-corrected chi connectivity index (χ0v) is 14.2. The number of pyridine rings is 1. The minimum absolute atomic E-state index is 0.0831. The number of aryl methyl sites for hydroxylation is 1. The number of hydrazine groups is 1. The normalized spacial score (nSPS) is 23.0. The summed E-state index contributed by atoms with van der Waals surface area (Å²) in [6, 6.07) is 14.0. The third kappa shape index (κ3) is 2.79. The van der Waals surface area contributed by atoms with Gasteiger partial charge in [0.25, 0.3) is 5.91 Å². The Morgan fingerprint density at radius 2 is 1.92 bits per heavy atom. The van der Waals surface area contributed by atoms with E-state index in [0.717, 1.165) is 16.5 Å². The number of hydrogen-bond donors (Lipinski definition) is 3. The summed E-state index contributed by atoms with van der Waals surface area (Å²) in [7, 11) is 1.92. The van der Waals surface area contributed by atoms with Crippen molar-refractivity contribution in [3.63, 3.8) is 0 Å². The van der Waals surface area contributed by atoms with Crippen LogP contribution in [0.1, 0.15) is 29.0 Å². The molecular formula is C19H21N5O. The first-order chi connectivity index (χ1) is 12.1. The van der Waals surface area contributed by atoms with E-state index in [1.165, 1.54) is 0 Å². The van der Waals surface area contributed by atoms with E-state index < -0.39 is 0 Å². The summed E-state index contributed by atoms with van der Waals surface area (Å²) in [5, 5.41) is 4.16. The predicted molar refractivity (Wildman–Crippen MR) is 96.6 cm³/mol. The number of hydrogen-bond acceptors (Lipinski definition) is 4. The molecule has 2 aromatic heterocycles. The van der Waals surface area contributed by atoms with Crippen LogP contribution < -0.4 is 16.2 Å². The number of rotatable bonds is 3. The van der Waals surface area contributed by atoms with Gasteiger partial charge in [-0.05, 0) is 29.8 Å². The fourth-order valence-electron chi connectivity index (χ4n) is 3.48. The van der Waals surface area contributed by atoms with Crippen LogP contribution in [0.15, 0.2) is 54.9 Å². The first-order valence-electron chi connectivity index (χ1n) is 8.41. The second-order valence-corrected chi connectivity index (χ2v) is 6.50. The highest BCUT2D eigenvalue weighted by atomic mass is 16.2. The van der Waals surface area contributed by atoms with Crippen LogP contribution in [0.3, 0.4) is 0 Å². The maximum Gasteiger partial charge on any atom is 0.269 e. The van der Waals surface area contributed by atoms with Crippen molar-refractivity contribution >= 4 is 16.8 Å². The van der Waals surface area contributed by atoms with Crippen molar-refractivity contribution in [2.24, 2.45) is 13.0 Å². The van der Waals surface area contributed by atoms with Crippen molar-refractivity contribution in [1.82, 2.24) is 25.7 Å². The molecule has 6 heteroatoms. The number of benzene rings is 1. The molecule has 3 N–H and O–H groups in total. The molecule has 1 aromatic carbocycles. The third-order valence-corrected chi connectivity index (χ3v) is 4.98. The van der Waals surface area contributed by atoms with Crippen molar-refractivity contribution in [3.05, 3.63) is 66.1 Å². The number of fused-ring (bicyclic) bond motifs is 1. The average molecular weight is 335 g/mol. The van der Waals surface area contributed by atoms with Gasteiger partial charge in [-0.25, -0.2) is 10.9 Å². The molecule has 0 radical (unpaired) electrons. The number of carbonyl (C=O) groups is 1.